The summed E-state index contributed by atoms with van der Waals surface area (Å²) >= 11 is 0. The molecule has 0 aliphatic carbocycles. The fraction of sp³-hybridized carbons (Fsp3) is 0.833. The Labute approximate surface area is 96.6 Å². The Morgan fingerprint density at radius 1 is 1.00 bits per heavy atom. The van der Waals surface area contributed by atoms with Crippen molar-refractivity contribution in [1.29, 1.82) is 0 Å². The van der Waals surface area contributed by atoms with Gasteiger partial charge >= 0.3 is 0 Å². The summed E-state index contributed by atoms with van der Waals surface area (Å²) < 4.78 is 0. The van der Waals surface area contributed by atoms with Crippen LogP contribution in [-0.2, 0) is 9.59 Å². The molecular weight excluding hydrogens is 204 g/mol. The number of likely N-dealkylation sites (tertiary alicyclic amines) is 2. The molecule has 0 N–H and O–H groups in total. The highest BCUT2D eigenvalue weighted by Gasteiger charge is 2.23. The number of piperidine rings is 2. The molecule has 2 amide bonds. The monoisotopic (exact) mass is 224 g/mol. The first-order chi connectivity index (χ1) is 7.77. The zero-order valence-corrected chi connectivity index (χ0v) is 9.78. The second kappa shape index (κ2) is 5.32. The van der Waals surface area contributed by atoms with Crippen LogP contribution in [0.5, 0.6) is 0 Å². The van der Waals surface area contributed by atoms with Gasteiger partial charge in [0.2, 0.25) is 11.8 Å². The lowest BCUT2D eigenvalue weighted by Crippen LogP contribution is -2.46. The van der Waals surface area contributed by atoms with Crippen molar-refractivity contribution >= 4 is 11.8 Å². The molecule has 0 atom stereocenters. The van der Waals surface area contributed by atoms with Crippen LogP contribution < -0.4 is 0 Å². The average molecular weight is 224 g/mol. The van der Waals surface area contributed by atoms with Crippen LogP contribution in [0.4, 0.5) is 0 Å². The Morgan fingerprint density at radius 2 is 1.69 bits per heavy atom. The zero-order chi connectivity index (χ0) is 11.4. The molecule has 2 saturated heterocycles. The lowest BCUT2D eigenvalue weighted by molar-refractivity contribution is -0.142. The van der Waals surface area contributed by atoms with E-state index in [4.69, 9.17) is 0 Å². The first kappa shape index (κ1) is 11.4. The third-order valence-corrected chi connectivity index (χ3v) is 3.46. The van der Waals surface area contributed by atoms with Crippen LogP contribution in [0.2, 0.25) is 0 Å². The molecule has 0 spiro atoms. The molecule has 2 heterocycles. The van der Waals surface area contributed by atoms with Gasteiger partial charge in [-0.25, -0.2) is 0 Å². The highest BCUT2D eigenvalue weighted by Crippen LogP contribution is 2.13. The molecule has 90 valence electrons. The quantitative estimate of drug-likeness (QED) is 0.702. The SMILES string of the molecule is O=C(CN1CCCCC1=O)N1CCCCC1. The van der Waals surface area contributed by atoms with Gasteiger partial charge < -0.3 is 9.80 Å². The topological polar surface area (TPSA) is 40.6 Å². The largest absolute Gasteiger partial charge is 0.341 e. The van der Waals surface area contributed by atoms with Gasteiger partial charge in [-0.1, -0.05) is 0 Å². The predicted molar refractivity (Wildman–Crippen MR) is 60.9 cm³/mol. The van der Waals surface area contributed by atoms with E-state index in [1.54, 1.807) is 4.90 Å². The average Bonchev–Trinajstić information content (AvgIpc) is 2.33. The van der Waals surface area contributed by atoms with Crippen LogP contribution in [0.25, 0.3) is 0 Å². The van der Waals surface area contributed by atoms with Crippen molar-refractivity contribution in [3.05, 3.63) is 0 Å². The molecule has 0 bridgehead atoms. The van der Waals surface area contributed by atoms with Crippen molar-refractivity contribution < 1.29 is 9.59 Å². The van der Waals surface area contributed by atoms with Crippen molar-refractivity contribution in [2.45, 2.75) is 38.5 Å². The maximum absolute atomic E-state index is 11.9. The number of carbonyl (C=O) groups is 2. The van der Waals surface area contributed by atoms with Crippen molar-refractivity contribution in [2.75, 3.05) is 26.2 Å². The van der Waals surface area contributed by atoms with E-state index in [1.807, 2.05) is 4.90 Å². The molecule has 4 nitrogen and oxygen atoms in total. The number of rotatable bonds is 2. The van der Waals surface area contributed by atoms with Gasteiger partial charge in [-0.3, -0.25) is 9.59 Å². The number of amides is 2. The molecular formula is C12H20N2O2. The molecule has 0 saturated carbocycles. The maximum Gasteiger partial charge on any atom is 0.242 e. The molecule has 2 fully saturated rings. The van der Waals surface area contributed by atoms with Crippen LogP contribution in [0, 0.1) is 0 Å². The van der Waals surface area contributed by atoms with Gasteiger partial charge in [-0.05, 0) is 32.1 Å². The van der Waals surface area contributed by atoms with Crippen LogP contribution in [0.15, 0.2) is 0 Å². The zero-order valence-electron chi connectivity index (χ0n) is 9.78. The van der Waals surface area contributed by atoms with Gasteiger partial charge in [0, 0.05) is 26.1 Å². The Bertz CT molecular complexity index is 272. The lowest BCUT2D eigenvalue weighted by Gasteiger charge is -2.31. The smallest absolute Gasteiger partial charge is 0.242 e. The molecule has 0 aromatic rings. The van der Waals surface area contributed by atoms with Gasteiger partial charge in [0.05, 0.1) is 6.54 Å². The minimum Gasteiger partial charge on any atom is -0.341 e. The van der Waals surface area contributed by atoms with Gasteiger partial charge in [0.15, 0.2) is 0 Å². The Kier molecular flexibility index (Phi) is 3.80. The van der Waals surface area contributed by atoms with Crippen molar-refractivity contribution in [1.82, 2.24) is 9.80 Å². The Balaban J connectivity index is 1.83. The summed E-state index contributed by atoms with van der Waals surface area (Å²) in [5.74, 6) is 0.284. The molecule has 2 aliphatic rings. The minimum atomic E-state index is 0.134. The van der Waals surface area contributed by atoms with Gasteiger partial charge in [-0.15, -0.1) is 0 Å². The molecule has 4 heteroatoms. The van der Waals surface area contributed by atoms with Crippen LogP contribution >= 0.6 is 0 Å². The molecule has 2 rings (SSSR count). The van der Waals surface area contributed by atoms with E-state index in [0.717, 1.165) is 45.3 Å². The standard InChI is InChI=1S/C12H20N2O2/c15-11-6-2-5-9-14(11)10-12(16)13-7-3-1-4-8-13/h1-10H2. The number of hydrogen-bond acceptors (Lipinski definition) is 2. The van der Waals surface area contributed by atoms with Crippen molar-refractivity contribution in [3.8, 4) is 0 Å². The van der Waals surface area contributed by atoms with Crippen LogP contribution in [0.3, 0.4) is 0 Å². The van der Waals surface area contributed by atoms with E-state index in [9.17, 15) is 9.59 Å². The fourth-order valence-corrected chi connectivity index (χ4v) is 2.44. The lowest BCUT2D eigenvalue weighted by atomic mass is 10.1. The van der Waals surface area contributed by atoms with Crippen LogP contribution in [0.1, 0.15) is 38.5 Å². The van der Waals surface area contributed by atoms with E-state index >= 15 is 0 Å². The summed E-state index contributed by atoms with van der Waals surface area (Å²) in [6.45, 7) is 2.82. The summed E-state index contributed by atoms with van der Waals surface area (Å²) in [4.78, 5) is 27.1. The van der Waals surface area contributed by atoms with Crippen LogP contribution in [-0.4, -0.2) is 47.8 Å². The van der Waals surface area contributed by atoms with E-state index < -0.39 is 0 Å². The molecule has 0 aromatic heterocycles. The first-order valence-corrected chi connectivity index (χ1v) is 6.33. The maximum atomic E-state index is 11.9. The molecule has 0 unspecified atom stereocenters. The molecule has 16 heavy (non-hydrogen) atoms. The summed E-state index contributed by atoms with van der Waals surface area (Å²) in [6.07, 6.45) is 6.09. The van der Waals surface area contributed by atoms with Gasteiger partial charge in [0.1, 0.15) is 0 Å². The van der Waals surface area contributed by atoms with Crippen molar-refractivity contribution in [3.63, 3.8) is 0 Å². The summed E-state index contributed by atoms with van der Waals surface area (Å²) in [6, 6.07) is 0. The molecule has 2 aliphatic heterocycles. The number of carbonyl (C=O) groups excluding carboxylic acids is 2. The number of nitrogens with zero attached hydrogens (tertiary/aromatic N) is 2. The summed E-state index contributed by atoms with van der Waals surface area (Å²) in [5, 5.41) is 0. The Morgan fingerprint density at radius 3 is 2.38 bits per heavy atom. The minimum absolute atomic E-state index is 0.134. The van der Waals surface area contributed by atoms with Crippen molar-refractivity contribution in [2.24, 2.45) is 0 Å². The van der Waals surface area contributed by atoms with E-state index in [1.165, 1.54) is 6.42 Å². The Hall–Kier alpha value is -1.06. The molecule has 0 radical (unpaired) electrons. The second-order valence-electron chi connectivity index (χ2n) is 4.71. The van der Waals surface area contributed by atoms with E-state index in [2.05, 4.69) is 0 Å². The highest BCUT2D eigenvalue weighted by atomic mass is 16.2. The predicted octanol–water partition coefficient (Wildman–Crippen LogP) is 1.01. The normalized spacial score (nSPS) is 22.4. The fourth-order valence-electron chi connectivity index (χ4n) is 2.44. The van der Waals surface area contributed by atoms with Gasteiger partial charge in [0.25, 0.3) is 0 Å². The summed E-state index contributed by atoms with van der Waals surface area (Å²) in [7, 11) is 0. The number of hydrogen-bond donors (Lipinski definition) is 0. The second-order valence-corrected chi connectivity index (χ2v) is 4.71. The molecule has 0 aromatic carbocycles. The third-order valence-electron chi connectivity index (χ3n) is 3.46. The van der Waals surface area contributed by atoms with Gasteiger partial charge in [-0.2, -0.15) is 0 Å². The summed E-state index contributed by atoms with van der Waals surface area (Å²) in [5.41, 5.74) is 0. The first-order valence-electron chi connectivity index (χ1n) is 6.33. The highest BCUT2D eigenvalue weighted by molar-refractivity contribution is 5.85. The third kappa shape index (κ3) is 2.74. The van der Waals surface area contributed by atoms with E-state index in [-0.39, 0.29) is 11.8 Å². The van der Waals surface area contributed by atoms with E-state index in [0.29, 0.717) is 13.0 Å².